The van der Waals surface area contributed by atoms with Crippen LogP contribution in [0.1, 0.15) is 0 Å². The lowest BCUT2D eigenvalue weighted by atomic mass is 9.89. The average Bonchev–Trinajstić information content (AvgIpc) is 3.20. The summed E-state index contributed by atoms with van der Waals surface area (Å²) >= 11 is 0. The van der Waals surface area contributed by atoms with Crippen molar-refractivity contribution < 1.29 is 9.41 Å². The number of fused-ring (bicyclic) bond motifs is 1. The Morgan fingerprint density at radius 1 is 0.880 bits per heavy atom. The van der Waals surface area contributed by atoms with Crippen molar-refractivity contribution in [3.63, 3.8) is 0 Å². The van der Waals surface area contributed by atoms with Crippen LogP contribution in [0.2, 0.25) is 0 Å². The topological polar surface area (TPSA) is 72.1 Å². The quantitative estimate of drug-likeness (QED) is 0.420. The van der Waals surface area contributed by atoms with Crippen LogP contribution in [0.4, 0.5) is 5.69 Å². The van der Waals surface area contributed by atoms with Gasteiger partial charge in [0.25, 0.3) is 0 Å². The molecule has 0 atom stereocenters. The van der Waals surface area contributed by atoms with E-state index in [2.05, 4.69) is 26.7 Å². The first kappa shape index (κ1) is 15.2. The van der Waals surface area contributed by atoms with Crippen molar-refractivity contribution in [1.29, 1.82) is 0 Å². The zero-order valence-corrected chi connectivity index (χ0v) is 13.3. The highest BCUT2D eigenvalue weighted by Gasteiger charge is 2.28. The molecule has 3 aromatic carbocycles. The van der Waals surface area contributed by atoms with Gasteiger partial charge >= 0.3 is 7.12 Å². The number of hydrogen-bond acceptors (Lipinski definition) is 5. The van der Waals surface area contributed by atoms with E-state index in [0.717, 1.165) is 16.5 Å². The van der Waals surface area contributed by atoms with Crippen LogP contribution in [-0.2, 0) is 4.76 Å². The molecule has 2 N–H and O–H groups in total. The number of hydrogen-bond donors (Lipinski definition) is 2. The number of nitrogens with one attached hydrogen (secondary N) is 2. The standard InChI is InChI=1S/C18H15BN4O2/c1-2-8-16(9-3-1)23-25-19(18-20-13-21-22-18)24-17-11-10-14-6-4-5-7-15(14)12-17/h1-13,23H,(H,20,21,22). The molecule has 0 aliphatic rings. The van der Waals surface area contributed by atoms with E-state index in [4.69, 9.17) is 9.41 Å². The van der Waals surface area contributed by atoms with Gasteiger partial charge in [0.05, 0.1) is 5.69 Å². The van der Waals surface area contributed by atoms with E-state index in [1.54, 1.807) is 0 Å². The van der Waals surface area contributed by atoms with Crippen LogP contribution >= 0.6 is 0 Å². The molecule has 25 heavy (non-hydrogen) atoms. The Balaban J connectivity index is 1.55. The lowest BCUT2D eigenvalue weighted by molar-refractivity contribution is 0.340. The molecule has 0 spiro atoms. The van der Waals surface area contributed by atoms with Crippen molar-refractivity contribution in [2.75, 3.05) is 5.48 Å². The van der Waals surface area contributed by atoms with Gasteiger partial charge in [0.2, 0.25) is 0 Å². The lowest BCUT2D eigenvalue weighted by Crippen LogP contribution is -2.44. The minimum atomic E-state index is -0.774. The van der Waals surface area contributed by atoms with Gasteiger partial charge in [0.1, 0.15) is 12.1 Å². The molecule has 122 valence electrons. The molecular formula is C18H15BN4O2. The zero-order valence-electron chi connectivity index (χ0n) is 13.3. The third kappa shape index (κ3) is 3.62. The Kier molecular flexibility index (Phi) is 4.30. The van der Waals surface area contributed by atoms with Crippen molar-refractivity contribution in [3.05, 3.63) is 79.1 Å². The van der Waals surface area contributed by atoms with Gasteiger partial charge < -0.3 is 4.65 Å². The summed E-state index contributed by atoms with van der Waals surface area (Å²) in [7, 11) is -0.774. The van der Waals surface area contributed by atoms with Crippen LogP contribution in [-0.4, -0.2) is 22.3 Å². The first-order valence-corrected chi connectivity index (χ1v) is 7.86. The molecule has 0 bridgehead atoms. The van der Waals surface area contributed by atoms with Crippen LogP contribution in [0, 0.1) is 0 Å². The molecule has 1 aromatic heterocycles. The van der Waals surface area contributed by atoms with Crippen molar-refractivity contribution in [2.24, 2.45) is 0 Å². The molecule has 4 aromatic rings. The summed E-state index contributed by atoms with van der Waals surface area (Å²) in [6.45, 7) is 0. The number of anilines is 1. The minimum absolute atomic E-state index is 0.469. The van der Waals surface area contributed by atoms with Crippen molar-refractivity contribution in [1.82, 2.24) is 15.2 Å². The normalized spacial score (nSPS) is 10.6. The van der Waals surface area contributed by atoms with Gasteiger partial charge in [-0.2, -0.15) is 5.10 Å². The number of aromatic nitrogens is 3. The van der Waals surface area contributed by atoms with Gasteiger partial charge in [0, 0.05) is 0 Å². The minimum Gasteiger partial charge on any atom is -0.529 e. The molecule has 0 aliphatic heterocycles. The van der Waals surface area contributed by atoms with E-state index in [9.17, 15) is 0 Å². The van der Waals surface area contributed by atoms with Crippen LogP contribution < -0.4 is 15.9 Å². The predicted molar refractivity (Wildman–Crippen MR) is 97.5 cm³/mol. The number of para-hydroxylation sites is 1. The summed E-state index contributed by atoms with van der Waals surface area (Å²) < 4.78 is 11.7. The van der Waals surface area contributed by atoms with Crippen LogP contribution in [0.3, 0.4) is 0 Å². The molecule has 4 rings (SSSR count). The van der Waals surface area contributed by atoms with E-state index < -0.39 is 7.12 Å². The number of benzene rings is 3. The third-order valence-electron chi connectivity index (χ3n) is 3.68. The molecule has 0 aliphatic carbocycles. The fourth-order valence-electron chi connectivity index (χ4n) is 2.46. The molecule has 0 radical (unpaired) electrons. The summed E-state index contributed by atoms with van der Waals surface area (Å²) in [5, 5.41) is 8.88. The Hall–Kier alpha value is -3.32. The second-order valence-corrected chi connectivity index (χ2v) is 5.42. The number of nitrogens with zero attached hydrogens (tertiary/aromatic N) is 2. The smallest absolute Gasteiger partial charge is 0.529 e. The Labute approximate surface area is 144 Å². The molecule has 0 fully saturated rings. The largest absolute Gasteiger partial charge is 0.624 e. The molecule has 0 amide bonds. The van der Waals surface area contributed by atoms with Gasteiger partial charge in [0.15, 0.2) is 5.72 Å². The Morgan fingerprint density at radius 2 is 1.68 bits per heavy atom. The van der Waals surface area contributed by atoms with Crippen LogP contribution in [0.15, 0.2) is 79.1 Å². The fourth-order valence-corrected chi connectivity index (χ4v) is 2.46. The van der Waals surface area contributed by atoms with Gasteiger partial charge in [-0.25, -0.2) is 4.98 Å². The summed E-state index contributed by atoms with van der Waals surface area (Å²) in [5.74, 6) is 0.676. The molecule has 0 saturated heterocycles. The molecule has 6 nitrogen and oxygen atoms in total. The van der Waals surface area contributed by atoms with E-state index >= 15 is 0 Å². The number of rotatable bonds is 6. The number of H-pyrrole nitrogens is 1. The van der Waals surface area contributed by atoms with E-state index in [1.165, 1.54) is 6.33 Å². The van der Waals surface area contributed by atoms with Gasteiger partial charge in [-0.15, -0.1) is 0 Å². The summed E-state index contributed by atoms with van der Waals surface area (Å²) in [6, 6.07) is 23.5. The summed E-state index contributed by atoms with van der Waals surface area (Å²) in [4.78, 5) is 4.13. The van der Waals surface area contributed by atoms with Crippen molar-refractivity contribution in [2.45, 2.75) is 0 Å². The monoisotopic (exact) mass is 330 g/mol. The van der Waals surface area contributed by atoms with E-state index in [-0.39, 0.29) is 0 Å². The highest BCUT2D eigenvalue weighted by molar-refractivity contribution is 6.60. The van der Waals surface area contributed by atoms with Gasteiger partial charge in [-0.05, 0) is 35.0 Å². The first-order chi connectivity index (χ1) is 12.4. The zero-order chi connectivity index (χ0) is 16.9. The molecule has 0 saturated carbocycles. The van der Waals surface area contributed by atoms with Crippen molar-refractivity contribution in [3.8, 4) is 5.75 Å². The highest BCUT2D eigenvalue weighted by Crippen LogP contribution is 2.21. The van der Waals surface area contributed by atoms with Gasteiger partial charge in [-0.1, -0.05) is 48.5 Å². The third-order valence-corrected chi connectivity index (χ3v) is 3.68. The molecule has 1 heterocycles. The lowest BCUT2D eigenvalue weighted by Gasteiger charge is -2.15. The maximum atomic E-state index is 5.97. The van der Waals surface area contributed by atoms with Crippen LogP contribution in [0.25, 0.3) is 10.8 Å². The maximum Gasteiger partial charge on any atom is 0.624 e. The molecule has 7 heteroatoms. The molecule has 0 unspecified atom stereocenters. The first-order valence-electron chi connectivity index (χ1n) is 7.86. The van der Waals surface area contributed by atoms with Crippen molar-refractivity contribution >= 4 is 29.3 Å². The summed E-state index contributed by atoms with van der Waals surface area (Å²) in [5.41, 5.74) is 4.16. The summed E-state index contributed by atoms with van der Waals surface area (Å²) in [6.07, 6.45) is 1.41. The Morgan fingerprint density at radius 3 is 2.48 bits per heavy atom. The second kappa shape index (κ2) is 7.06. The highest BCUT2D eigenvalue weighted by atomic mass is 16.7. The fraction of sp³-hybridized carbons (Fsp3) is 0. The van der Waals surface area contributed by atoms with E-state index in [0.29, 0.717) is 11.5 Å². The SMILES string of the molecule is c1ccc(NOB(Oc2ccc3ccccc3c2)c2ncn[nH]2)cc1. The second-order valence-electron chi connectivity index (χ2n) is 5.42. The Bertz CT molecular complexity index is 948. The van der Waals surface area contributed by atoms with Gasteiger partial charge in [-0.3, -0.25) is 15.3 Å². The number of aromatic amines is 1. The van der Waals surface area contributed by atoms with E-state index in [1.807, 2.05) is 66.7 Å². The molecular weight excluding hydrogens is 315 g/mol. The average molecular weight is 330 g/mol. The predicted octanol–water partition coefficient (Wildman–Crippen LogP) is 2.78. The van der Waals surface area contributed by atoms with Crippen LogP contribution in [0.5, 0.6) is 5.75 Å². The maximum absolute atomic E-state index is 5.97.